The molecule has 1 aliphatic rings. The van der Waals surface area contributed by atoms with Gasteiger partial charge in [0.15, 0.2) is 5.82 Å². The first kappa shape index (κ1) is 15.4. The summed E-state index contributed by atoms with van der Waals surface area (Å²) in [5.41, 5.74) is 1.41. The SMILES string of the molecule is Clc1cccc(Cl)c1-c1nc(Cl)c(C2CCCC2)c(Cl)n1. The van der Waals surface area contributed by atoms with Gasteiger partial charge in [0, 0.05) is 5.56 Å². The predicted octanol–water partition coefficient (Wildman–Crippen LogP) is 6.41. The number of rotatable bonds is 2. The van der Waals surface area contributed by atoms with Gasteiger partial charge >= 0.3 is 0 Å². The minimum absolute atomic E-state index is 0.348. The van der Waals surface area contributed by atoms with Crippen LogP contribution in [0.5, 0.6) is 0 Å². The van der Waals surface area contributed by atoms with E-state index in [-0.39, 0.29) is 0 Å². The van der Waals surface area contributed by atoms with E-state index in [0.717, 1.165) is 18.4 Å². The van der Waals surface area contributed by atoms with E-state index in [1.807, 2.05) is 0 Å². The van der Waals surface area contributed by atoms with Crippen molar-refractivity contribution in [1.29, 1.82) is 0 Å². The van der Waals surface area contributed by atoms with Gasteiger partial charge in [-0.3, -0.25) is 0 Å². The van der Waals surface area contributed by atoms with Crippen molar-refractivity contribution < 1.29 is 0 Å². The number of aromatic nitrogens is 2. The Labute approximate surface area is 143 Å². The molecule has 0 bridgehead atoms. The molecule has 2 aromatic rings. The average molecular weight is 362 g/mol. The third kappa shape index (κ3) is 3.00. The zero-order valence-corrected chi connectivity index (χ0v) is 14.1. The molecule has 0 spiro atoms. The van der Waals surface area contributed by atoms with E-state index in [2.05, 4.69) is 9.97 Å². The standard InChI is InChI=1S/C15H12Cl4N2/c16-9-6-3-7-10(17)12(9)15-20-13(18)11(14(19)21-15)8-4-1-2-5-8/h3,6-8H,1-2,4-5H2. The van der Waals surface area contributed by atoms with Gasteiger partial charge in [0.25, 0.3) is 0 Å². The van der Waals surface area contributed by atoms with Gasteiger partial charge in [-0.15, -0.1) is 0 Å². The molecular formula is C15H12Cl4N2. The third-order valence-corrected chi connectivity index (χ3v) is 5.01. The highest BCUT2D eigenvalue weighted by molar-refractivity contribution is 6.39. The Kier molecular flexibility index (Phi) is 4.60. The van der Waals surface area contributed by atoms with Gasteiger partial charge in [0.05, 0.1) is 15.6 Å². The molecule has 0 saturated heterocycles. The van der Waals surface area contributed by atoms with Gasteiger partial charge in [-0.05, 0) is 30.9 Å². The molecule has 1 saturated carbocycles. The second-order valence-corrected chi connectivity index (χ2v) is 6.65. The maximum Gasteiger partial charge on any atom is 0.165 e. The molecule has 0 N–H and O–H groups in total. The number of nitrogens with zero attached hydrogens (tertiary/aromatic N) is 2. The lowest BCUT2D eigenvalue weighted by molar-refractivity contribution is 0.715. The molecule has 0 unspecified atom stereocenters. The van der Waals surface area contributed by atoms with Crippen LogP contribution < -0.4 is 0 Å². The van der Waals surface area contributed by atoms with E-state index in [4.69, 9.17) is 46.4 Å². The van der Waals surface area contributed by atoms with Crippen LogP contribution in [-0.4, -0.2) is 9.97 Å². The van der Waals surface area contributed by atoms with E-state index in [0.29, 0.717) is 37.7 Å². The zero-order chi connectivity index (χ0) is 15.0. The fourth-order valence-corrected chi connectivity index (χ4v) is 4.05. The topological polar surface area (TPSA) is 25.8 Å². The molecule has 0 aliphatic heterocycles. The van der Waals surface area contributed by atoms with Crippen LogP contribution in [0.25, 0.3) is 11.4 Å². The number of benzene rings is 1. The van der Waals surface area contributed by atoms with Crippen LogP contribution in [-0.2, 0) is 0 Å². The van der Waals surface area contributed by atoms with Gasteiger partial charge in [-0.25, -0.2) is 9.97 Å². The summed E-state index contributed by atoms with van der Waals surface area (Å²) in [6.07, 6.45) is 4.54. The molecule has 1 aromatic heterocycles. The zero-order valence-electron chi connectivity index (χ0n) is 11.0. The van der Waals surface area contributed by atoms with Crippen LogP contribution in [0.1, 0.15) is 37.2 Å². The van der Waals surface area contributed by atoms with Crippen LogP contribution in [0.2, 0.25) is 20.4 Å². The molecule has 6 heteroatoms. The predicted molar refractivity (Wildman–Crippen MR) is 88.7 cm³/mol. The first-order chi connectivity index (χ1) is 10.1. The van der Waals surface area contributed by atoms with Gasteiger partial charge < -0.3 is 0 Å². The first-order valence-electron chi connectivity index (χ1n) is 6.75. The Morgan fingerprint density at radius 2 is 1.38 bits per heavy atom. The molecule has 1 aliphatic carbocycles. The highest BCUT2D eigenvalue weighted by Crippen LogP contribution is 2.42. The Morgan fingerprint density at radius 3 is 1.90 bits per heavy atom. The molecule has 1 fully saturated rings. The largest absolute Gasteiger partial charge is 0.216 e. The highest BCUT2D eigenvalue weighted by atomic mass is 35.5. The highest BCUT2D eigenvalue weighted by Gasteiger charge is 2.25. The Morgan fingerprint density at radius 1 is 0.857 bits per heavy atom. The fourth-order valence-electron chi connectivity index (χ4n) is 2.79. The third-order valence-electron chi connectivity index (χ3n) is 3.80. The van der Waals surface area contributed by atoms with Gasteiger partial charge in [0.1, 0.15) is 10.3 Å². The van der Waals surface area contributed by atoms with Crippen molar-refractivity contribution in [3.05, 3.63) is 44.1 Å². The van der Waals surface area contributed by atoms with Crippen molar-refractivity contribution in [2.24, 2.45) is 0 Å². The van der Waals surface area contributed by atoms with Crippen LogP contribution in [0, 0.1) is 0 Å². The summed E-state index contributed by atoms with van der Waals surface area (Å²) in [7, 11) is 0. The first-order valence-corrected chi connectivity index (χ1v) is 8.26. The molecule has 1 heterocycles. The van der Waals surface area contributed by atoms with Crippen molar-refractivity contribution in [3.8, 4) is 11.4 Å². The Bertz CT molecular complexity index is 638. The summed E-state index contributed by atoms with van der Waals surface area (Å²) in [4.78, 5) is 8.74. The quantitative estimate of drug-likeness (QED) is 0.577. The second kappa shape index (κ2) is 6.29. The molecule has 21 heavy (non-hydrogen) atoms. The summed E-state index contributed by atoms with van der Waals surface area (Å²) < 4.78 is 0. The van der Waals surface area contributed by atoms with Crippen LogP contribution in [0.15, 0.2) is 18.2 Å². The molecule has 0 radical (unpaired) electrons. The fraction of sp³-hybridized carbons (Fsp3) is 0.333. The lowest BCUT2D eigenvalue weighted by Crippen LogP contribution is -2.02. The number of hydrogen-bond acceptors (Lipinski definition) is 2. The smallest absolute Gasteiger partial charge is 0.165 e. The average Bonchev–Trinajstić information content (AvgIpc) is 2.91. The normalized spacial score (nSPS) is 15.6. The van der Waals surface area contributed by atoms with E-state index >= 15 is 0 Å². The molecule has 110 valence electrons. The van der Waals surface area contributed by atoms with E-state index < -0.39 is 0 Å². The Balaban J connectivity index is 2.10. The van der Waals surface area contributed by atoms with Crippen molar-refractivity contribution >= 4 is 46.4 Å². The lowest BCUT2D eigenvalue weighted by Gasteiger charge is -2.14. The Hall–Kier alpha value is -0.540. The number of hydrogen-bond donors (Lipinski definition) is 0. The lowest BCUT2D eigenvalue weighted by atomic mass is 10.0. The summed E-state index contributed by atoms with van der Waals surface area (Å²) in [5, 5.41) is 1.74. The van der Waals surface area contributed by atoms with Crippen LogP contribution >= 0.6 is 46.4 Å². The summed E-state index contributed by atoms with van der Waals surface area (Å²) in [6.45, 7) is 0. The summed E-state index contributed by atoms with van der Waals surface area (Å²) >= 11 is 25.1. The van der Waals surface area contributed by atoms with Crippen molar-refractivity contribution in [2.45, 2.75) is 31.6 Å². The molecule has 3 rings (SSSR count). The van der Waals surface area contributed by atoms with Crippen LogP contribution in [0.3, 0.4) is 0 Å². The van der Waals surface area contributed by atoms with Gasteiger partial charge in [0.2, 0.25) is 0 Å². The maximum absolute atomic E-state index is 6.35. The molecule has 1 aromatic carbocycles. The van der Waals surface area contributed by atoms with E-state index in [9.17, 15) is 0 Å². The van der Waals surface area contributed by atoms with Crippen molar-refractivity contribution in [2.75, 3.05) is 0 Å². The molecule has 2 nitrogen and oxygen atoms in total. The summed E-state index contributed by atoms with van der Waals surface area (Å²) in [6, 6.07) is 5.24. The molecular weight excluding hydrogens is 350 g/mol. The number of halogens is 4. The van der Waals surface area contributed by atoms with Crippen molar-refractivity contribution in [1.82, 2.24) is 9.97 Å². The minimum atomic E-state index is 0.348. The minimum Gasteiger partial charge on any atom is -0.216 e. The van der Waals surface area contributed by atoms with Crippen LogP contribution in [0.4, 0.5) is 0 Å². The monoisotopic (exact) mass is 360 g/mol. The second-order valence-electron chi connectivity index (χ2n) is 5.12. The van der Waals surface area contributed by atoms with Crippen molar-refractivity contribution in [3.63, 3.8) is 0 Å². The molecule has 0 amide bonds. The maximum atomic E-state index is 6.35. The van der Waals surface area contributed by atoms with E-state index in [1.54, 1.807) is 18.2 Å². The summed E-state index contributed by atoms with van der Waals surface area (Å²) in [5.74, 6) is 0.711. The van der Waals surface area contributed by atoms with E-state index in [1.165, 1.54) is 12.8 Å². The van der Waals surface area contributed by atoms with Gasteiger partial charge in [-0.1, -0.05) is 65.3 Å². The van der Waals surface area contributed by atoms with Gasteiger partial charge in [-0.2, -0.15) is 0 Å². The molecule has 0 atom stereocenters.